The predicted molar refractivity (Wildman–Crippen MR) is 113 cm³/mol. The van der Waals surface area contributed by atoms with Gasteiger partial charge in [0, 0.05) is 25.9 Å². The molecule has 0 aromatic rings. The largest absolute Gasteiger partial charge is 0.356 e. The number of hydrogen-bond donors (Lipinski definition) is 2. The van der Waals surface area contributed by atoms with E-state index >= 15 is 0 Å². The van der Waals surface area contributed by atoms with Crippen molar-refractivity contribution < 1.29 is 9.59 Å². The van der Waals surface area contributed by atoms with Gasteiger partial charge in [0.05, 0.1) is 0 Å². The third-order valence-corrected chi connectivity index (χ3v) is 7.43. The highest BCUT2D eigenvalue weighted by Crippen LogP contribution is 2.55. The lowest BCUT2D eigenvalue weighted by Crippen LogP contribution is -2.49. The van der Waals surface area contributed by atoms with Crippen LogP contribution in [0.25, 0.3) is 0 Å². The maximum absolute atomic E-state index is 12.6. The maximum atomic E-state index is 12.6. The number of hydrogen-bond acceptors (Lipinski definition) is 2. The minimum atomic E-state index is -0.0755. The Labute approximate surface area is 167 Å². The van der Waals surface area contributed by atoms with Crippen LogP contribution in [0.2, 0.25) is 0 Å². The topological polar surface area (TPSA) is 58.2 Å². The van der Waals surface area contributed by atoms with Crippen LogP contribution >= 0.6 is 0 Å². The molecule has 27 heavy (non-hydrogen) atoms. The van der Waals surface area contributed by atoms with Crippen LogP contribution < -0.4 is 10.6 Å². The van der Waals surface area contributed by atoms with E-state index in [2.05, 4.69) is 66.0 Å². The monoisotopic (exact) mass is 380 g/mol. The molecule has 1 aliphatic rings. The van der Waals surface area contributed by atoms with E-state index < -0.39 is 0 Å². The minimum absolute atomic E-state index is 0.0755. The lowest BCUT2D eigenvalue weighted by Gasteiger charge is -2.53. The van der Waals surface area contributed by atoms with Gasteiger partial charge in [-0.3, -0.25) is 9.59 Å². The summed E-state index contributed by atoms with van der Waals surface area (Å²) in [7, 11) is 0. The Kier molecular flexibility index (Phi) is 8.82. The van der Waals surface area contributed by atoms with Gasteiger partial charge in [0.2, 0.25) is 11.8 Å². The van der Waals surface area contributed by atoms with Gasteiger partial charge in [-0.2, -0.15) is 0 Å². The smallest absolute Gasteiger partial charge is 0.220 e. The van der Waals surface area contributed by atoms with Gasteiger partial charge < -0.3 is 10.6 Å². The van der Waals surface area contributed by atoms with Crippen LogP contribution in [0.1, 0.15) is 87.5 Å². The van der Waals surface area contributed by atoms with Crippen LogP contribution in [0.3, 0.4) is 0 Å². The van der Waals surface area contributed by atoms with Crippen molar-refractivity contribution in [2.75, 3.05) is 13.1 Å². The van der Waals surface area contributed by atoms with E-state index in [0.717, 1.165) is 32.4 Å². The molecule has 4 heteroatoms. The van der Waals surface area contributed by atoms with Crippen molar-refractivity contribution in [3.05, 3.63) is 0 Å². The molecule has 1 saturated heterocycles. The first kappa shape index (κ1) is 24.0. The van der Waals surface area contributed by atoms with Crippen LogP contribution in [0.5, 0.6) is 0 Å². The molecule has 0 spiro atoms. The van der Waals surface area contributed by atoms with Gasteiger partial charge in [-0.1, -0.05) is 55.4 Å². The normalized spacial score (nSPS) is 28.2. The van der Waals surface area contributed by atoms with E-state index in [9.17, 15) is 9.59 Å². The quantitative estimate of drug-likeness (QED) is 0.724. The molecule has 0 saturated carbocycles. The molecule has 1 heterocycles. The summed E-state index contributed by atoms with van der Waals surface area (Å²) in [6, 6.07) is 0. The first-order valence-electron chi connectivity index (χ1n) is 10.9. The lowest BCUT2D eigenvalue weighted by atomic mass is 9.51. The Morgan fingerprint density at radius 2 is 1.04 bits per heavy atom. The number of carbonyl (C=O) groups is 2. The highest BCUT2D eigenvalue weighted by Gasteiger charge is 2.49. The molecule has 0 radical (unpaired) electrons. The van der Waals surface area contributed by atoms with E-state index in [1.54, 1.807) is 0 Å². The molecular formula is C23H44N2O2. The fraction of sp³-hybridized carbons (Fsp3) is 0.913. The van der Waals surface area contributed by atoms with E-state index in [1.165, 1.54) is 0 Å². The Hall–Kier alpha value is -1.06. The van der Waals surface area contributed by atoms with E-state index in [4.69, 9.17) is 0 Å². The van der Waals surface area contributed by atoms with Gasteiger partial charge in [-0.25, -0.2) is 0 Å². The summed E-state index contributed by atoms with van der Waals surface area (Å²) in [5, 5.41) is 6.24. The van der Waals surface area contributed by atoms with E-state index in [1.807, 2.05) is 0 Å². The van der Waals surface area contributed by atoms with Crippen molar-refractivity contribution in [3.8, 4) is 0 Å². The van der Waals surface area contributed by atoms with Crippen LogP contribution in [-0.2, 0) is 9.59 Å². The molecular weight excluding hydrogens is 336 g/mol. The fourth-order valence-corrected chi connectivity index (χ4v) is 5.03. The minimum Gasteiger partial charge on any atom is -0.356 e. The zero-order chi connectivity index (χ0) is 20.8. The van der Waals surface area contributed by atoms with Crippen molar-refractivity contribution in [2.45, 2.75) is 87.5 Å². The first-order valence-corrected chi connectivity index (χ1v) is 10.9. The molecule has 0 aromatic carbocycles. The second-order valence-electron chi connectivity index (χ2n) is 10.3. The van der Waals surface area contributed by atoms with Gasteiger partial charge in [-0.05, 0) is 53.8 Å². The molecule has 1 aliphatic heterocycles. The summed E-state index contributed by atoms with van der Waals surface area (Å²) < 4.78 is 0. The third kappa shape index (κ3) is 6.22. The maximum Gasteiger partial charge on any atom is 0.220 e. The van der Waals surface area contributed by atoms with E-state index in [-0.39, 0.29) is 34.5 Å². The summed E-state index contributed by atoms with van der Waals surface area (Å²) in [6.07, 6.45) is 4.09. The van der Waals surface area contributed by atoms with Crippen LogP contribution in [0.4, 0.5) is 0 Å². The Bertz CT molecular complexity index is 451. The van der Waals surface area contributed by atoms with E-state index in [0.29, 0.717) is 24.7 Å². The van der Waals surface area contributed by atoms with Crippen LogP contribution in [0, 0.1) is 34.5 Å². The molecule has 1 rings (SSSR count). The molecule has 2 N–H and O–H groups in total. The van der Waals surface area contributed by atoms with Gasteiger partial charge >= 0.3 is 0 Å². The van der Waals surface area contributed by atoms with Gasteiger partial charge in [0.15, 0.2) is 0 Å². The fourth-order valence-electron chi connectivity index (χ4n) is 5.03. The molecule has 2 unspecified atom stereocenters. The first-order chi connectivity index (χ1) is 12.4. The summed E-state index contributed by atoms with van der Waals surface area (Å²) in [6.45, 7) is 19.6. The van der Waals surface area contributed by atoms with Crippen LogP contribution in [-0.4, -0.2) is 24.9 Å². The average molecular weight is 381 g/mol. The van der Waals surface area contributed by atoms with Crippen molar-refractivity contribution >= 4 is 11.8 Å². The second-order valence-corrected chi connectivity index (χ2v) is 10.3. The SMILES string of the molecule is CC(C)C1CC(=O)NCCCCCNC(=O)CC(C(C)C)C(C)(C)C1(C)C. The Balaban J connectivity index is 3.25. The third-order valence-electron chi connectivity index (χ3n) is 7.43. The number of nitrogens with one attached hydrogen (secondary N) is 2. The van der Waals surface area contributed by atoms with Crippen molar-refractivity contribution in [2.24, 2.45) is 34.5 Å². The highest BCUT2D eigenvalue weighted by atomic mass is 16.2. The zero-order valence-electron chi connectivity index (χ0n) is 19.1. The van der Waals surface area contributed by atoms with Crippen molar-refractivity contribution in [1.29, 1.82) is 0 Å². The van der Waals surface area contributed by atoms with Crippen molar-refractivity contribution in [3.63, 3.8) is 0 Å². The predicted octanol–water partition coefficient (Wildman–Crippen LogP) is 4.78. The molecule has 2 amide bonds. The molecule has 0 aliphatic carbocycles. The number of amides is 2. The molecule has 1 fully saturated rings. The van der Waals surface area contributed by atoms with Crippen LogP contribution in [0.15, 0.2) is 0 Å². The average Bonchev–Trinajstić information content (AvgIpc) is 2.54. The Morgan fingerprint density at radius 1 is 0.704 bits per heavy atom. The standard InChI is InChI=1S/C23H44N2O2/c1-16(2)18-14-20(26)24-12-10-9-11-13-25-21(27)15-19(17(3)4)23(7,8)22(18,5)6/h16-19H,9-15H2,1-8H3,(H,24,26)(H,25,27). The molecule has 0 aromatic heterocycles. The lowest BCUT2D eigenvalue weighted by molar-refractivity contribution is -0.130. The summed E-state index contributed by atoms with van der Waals surface area (Å²) in [5.74, 6) is 1.68. The summed E-state index contributed by atoms with van der Waals surface area (Å²) in [4.78, 5) is 25.2. The van der Waals surface area contributed by atoms with Crippen molar-refractivity contribution in [1.82, 2.24) is 10.6 Å². The molecule has 4 nitrogen and oxygen atoms in total. The second kappa shape index (κ2) is 9.93. The highest BCUT2D eigenvalue weighted by molar-refractivity contribution is 5.76. The van der Waals surface area contributed by atoms with Gasteiger partial charge in [0.25, 0.3) is 0 Å². The zero-order valence-corrected chi connectivity index (χ0v) is 19.1. The molecule has 2 atom stereocenters. The molecule has 0 bridgehead atoms. The summed E-state index contributed by atoms with van der Waals surface area (Å²) in [5.41, 5.74) is -0.151. The number of carbonyl (C=O) groups excluding carboxylic acids is 2. The van der Waals surface area contributed by atoms with Gasteiger partial charge in [-0.15, -0.1) is 0 Å². The number of rotatable bonds is 2. The Morgan fingerprint density at radius 3 is 1.33 bits per heavy atom. The molecule has 158 valence electrons. The summed E-state index contributed by atoms with van der Waals surface area (Å²) >= 11 is 0. The van der Waals surface area contributed by atoms with Gasteiger partial charge in [0.1, 0.15) is 0 Å².